The molecule has 0 aromatic heterocycles. The summed E-state index contributed by atoms with van der Waals surface area (Å²) in [5.74, 6) is 0.0883. The molecule has 0 spiro atoms. The van der Waals surface area contributed by atoms with Crippen molar-refractivity contribution in [3.05, 3.63) is 65.7 Å². The minimum absolute atomic E-state index is 0.0640. The summed E-state index contributed by atoms with van der Waals surface area (Å²) >= 11 is 0. The fraction of sp³-hybridized carbons (Fsp3) is 0.167. The van der Waals surface area contributed by atoms with E-state index < -0.39 is 5.97 Å². The van der Waals surface area contributed by atoms with Gasteiger partial charge in [0.05, 0.1) is 7.11 Å². The molecule has 0 aliphatic rings. The third-order valence-electron chi connectivity index (χ3n) is 3.16. The van der Waals surface area contributed by atoms with Gasteiger partial charge in [-0.1, -0.05) is 30.3 Å². The molecule has 0 unspecified atom stereocenters. The van der Waals surface area contributed by atoms with Crippen LogP contribution in [0.4, 0.5) is 0 Å². The Kier molecular flexibility index (Phi) is 5.77. The second kappa shape index (κ2) is 8.00. The molecule has 5 heteroatoms. The Labute approximate surface area is 134 Å². The normalized spacial score (nSPS) is 11.1. The van der Waals surface area contributed by atoms with Gasteiger partial charge in [0.15, 0.2) is 6.79 Å². The number of rotatable bonds is 7. The van der Waals surface area contributed by atoms with Gasteiger partial charge in [0, 0.05) is 18.7 Å². The van der Waals surface area contributed by atoms with E-state index in [-0.39, 0.29) is 6.79 Å². The molecule has 5 nitrogen and oxygen atoms in total. The predicted molar refractivity (Wildman–Crippen MR) is 86.7 cm³/mol. The van der Waals surface area contributed by atoms with E-state index in [1.54, 1.807) is 25.3 Å². The van der Waals surface area contributed by atoms with Crippen LogP contribution in [0.5, 0.6) is 11.5 Å². The maximum Gasteiger partial charge on any atom is 0.328 e. The zero-order chi connectivity index (χ0) is 16.7. The van der Waals surface area contributed by atoms with Gasteiger partial charge in [-0.05, 0) is 29.3 Å². The van der Waals surface area contributed by atoms with Crippen LogP contribution in [0.25, 0.3) is 5.57 Å². The van der Waals surface area contributed by atoms with E-state index in [2.05, 4.69) is 0 Å². The molecule has 120 valence electrons. The molecule has 0 saturated carbocycles. The molecule has 0 radical (unpaired) electrons. The highest BCUT2D eigenvalue weighted by Gasteiger charge is 2.14. The lowest BCUT2D eigenvalue weighted by atomic mass is 9.96. The number of hydrogen-bond donors (Lipinski definition) is 1. The average Bonchev–Trinajstić information content (AvgIpc) is 2.58. The zero-order valence-corrected chi connectivity index (χ0v) is 13.0. The summed E-state index contributed by atoms with van der Waals surface area (Å²) < 4.78 is 15.7. The Morgan fingerprint density at radius 3 is 2.48 bits per heavy atom. The fourth-order valence-electron chi connectivity index (χ4n) is 2.15. The van der Waals surface area contributed by atoms with Gasteiger partial charge in [0.2, 0.25) is 0 Å². The van der Waals surface area contributed by atoms with Gasteiger partial charge in [-0.3, -0.25) is 0 Å². The fourth-order valence-corrected chi connectivity index (χ4v) is 2.15. The van der Waals surface area contributed by atoms with Gasteiger partial charge in [-0.15, -0.1) is 0 Å². The lowest BCUT2D eigenvalue weighted by Gasteiger charge is -2.15. The van der Waals surface area contributed by atoms with E-state index in [9.17, 15) is 9.90 Å². The maximum absolute atomic E-state index is 11.3. The zero-order valence-electron chi connectivity index (χ0n) is 13.0. The van der Waals surface area contributed by atoms with Crippen LogP contribution in [0.1, 0.15) is 11.1 Å². The van der Waals surface area contributed by atoms with E-state index >= 15 is 0 Å². The van der Waals surface area contributed by atoms with Crippen LogP contribution in [0.15, 0.2) is 54.6 Å². The quantitative estimate of drug-likeness (QED) is 0.628. The van der Waals surface area contributed by atoms with Gasteiger partial charge in [-0.2, -0.15) is 0 Å². The number of methoxy groups -OCH3 is 2. The summed E-state index contributed by atoms with van der Waals surface area (Å²) in [5.41, 5.74) is 1.92. The van der Waals surface area contributed by atoms with Gasteiger partial charge < -0.3 is 19.3 Å². The highest BCUT2D eigenvalue weighted by molar-refractivity contribution is 5.96. The highest BCUT2D eigenvalue weighted by Crippen LogP contribution is 2.34. The molecule has 1 N–H and O–H groups in total. The van der Waals surface area contributed by atoms with Crippen LogP contribution in [-0.4, -0.2) is 32.1 Å². The third-order valence-corrected chi connectivity index (χ3v) is 3.16. The summed E-state index contributed by atoms with van der Waals surface area (Å²) in [5, 5.41) is 9.23. The van der Waals surface area contributed by atoms with Crippen LogP contribution in [-0.2, 0) is 9.53 Å². The Morgan fingerprint density at radius 1 is 1.13 bits per heavy atom. The molecular weight excluding hydrogens is 296 g/mol. The first-order chi connectivity index (χ1) is 11.2. The van der Waals surface area contributed by atoms with Crippen molar-refractivity contribution in [1.29, 1.82) is 0 Å². The number of ether oxygens (including phenoxy) is 3. The van der Waals surface area contributed by atoms with Gasteiger partial charge in [0.25, 0.3) is 0 Å². The number of hydrogen-bond acceptors (Lipinski definition) is 4. The van der Waals surface area contributed by atoms with Crippen molar-refractivity contribution in [1.82, 2.24) is 0 Å². The maximum atomic E-state index is 11.3. The number of carbonyl (C=O) groups is 1. The van der Waals surface area contributed by atoms with Crippen LogP contribution in [0.3, 0.4) is 0 Å². The summed E-state index contributed by atoms with van der Waals surface area (Å²) in [6, 6.07) is 14.5. The van der Waals surface area contributed by atoms with Crippen LogP contribution in [0, 0.1) is 0 Å². The Morgan fingerprint density at radius 2 is 1.87 bits per heavy atom. The Bertz CT molecular complexity index is 692. The second-order valence-corrected chi connectivity index (χ2v) is 4.68. The first-order valence-electron chi connectivity index (χ1n) is 6.96. The molecule has 23 heavy (non-hydrogen) atoms. The van der Waals surface area contributed by atoms with Crippen molar-refractivity contribution in [2.45, 2.75) is 0 Å². The standard InChI is InChI=1S/C18H18O5/c1-21-12-23-17-9-8-14(22-2)10-16(17)15(11-18(19)20)13-6-4-3-5-7-13/h3-11H,12H2,1-2H3,(H,19,20). The number of aliphatic carboxylic acids is 1. The molecule has 0 saturated heterocycles. The van der Waals surface area contributed by atoms with Crippen molar-refractivity contribution in [3.63, 3.8) is 0 Å². The van der Waals surface area contributed by atoms with Gasteiger partial charge in [0.1, 0.15) is 11.5 Å². The summed E-state index contributed by atoms with van der Waals surface area (Å²) in [4.78, 5) is 11.3. The second-order valence-electron chi connectivity index (χ2n) is 4.68. The first-order valence-corrected chi connectivity index (χ1v) is 6.96. The number of carboxylic acids is 1. The van der Waals surface area contributed by atoms with Crippen molar-refractivity contribution in [3.8, 4) is 11.5 Å². The molecule has 0 atom stereocenters. The number of carboxylic acid groups (broad SMARTS) is 1. The molecule has 0 aliphatic carbocycles. The molecular formula is C18H18O5. The highest BCUT2D eigenvalue weighted by atomic mass is 16.7. The van der Waals surface area contributed by atoms with Crippen LogP contribution in [0.2, 0.25) is 0 Å². The Hall–Kier alpha value is -2.79. The third kappa shape index (κ3) is 4.34. The Balaban J connectivity index is 2.59. The largest absolute Gasteiger partial charge is 0.497 e. The van der Waals surface area contributed by atoms with Crippen LogP contribution < -0.4 is 9.47 Å². The molecule has 0 amide bonds. The monoisotopic (exact) mass is 314 g/mol. The van der Waals surface area contributed by atoms with Crippen molar-refractivity contribution < 1.29 is 24.1 Å². The summed E-state index contributed by atoms with van der Waals surface area (Å²) in [6.45, 7) is 0.0640. The molecule has 2 rings (SSSR count). The molecule has 0 bridgehead atoms. The molecule has 0 fully saturated rings. The minimum Gasteiger partial charge on any atom is -0.497 e. The van der Waals surface area contributed by atoms with Gasteiger partial charge in [-0.25, -0.2) is 4.79 Å². The predicted octanol–water partition coefficient (Wildman–Crippen LogP) is 3.19. The van der Waals surface area contributed by atoms with Crippen molar-refractivity contribution in [2.75, 3.05) is 21.0 Å². The van der Waals surface area contributed by atoms with Crippen molar-refractivity contribution >= 4 is 11.5 Å². The molecule has 0 aliphatic heterocycles. The van der Waals surface area contributed by atoms with E-state index in [1.807, 2.05) is 30.3 Å². The van der Waals surface area contributed by atoms with Gasteiger partial charge >= 0.3 is 5.97 Å². The topological polar surface area (TPSA) is 65.0 Å². The summed E-state index contributed by atoms with van der Waals surface area (Å²) in [7, 11) is 3.08. The summed E-state index contributed by atoms with van der Waals surface area (Å²) in [6.07, 6.45) is 1.16. The number of benzene rings is 2. The smallest absolute Gasteiger partial charge is 0.328 e. The lowest BCUT2D eigenvalue weighted by Crippen LogP contribution is -2.03. The average molecular weight is 314 g/mol. The first kappa shape index (κ1) is 16.6. The molecule has 0 heterocycles. The SMILES string of the molecule is COCOc1ccc(OC)cc1C(=CC(=O)O)c1ccccc1. The van der Waals surface area contributed by atoms with E-state index in [0.29, 0.717) is 22.6 Å². The molecule has 2 aromatic carbocycles. The van der Waals surface area contributed by atoms with E-state index in [4.69, 9.17) is 14.2 Å². The van der Waals surface area contributed by atoms with E-state index in [1.165, 1.54) is 7.11 Å². The molecule has 2 aromatic rings. The van der Waals surface area contributed by atoms with Crippen LogP contribution >= 0.6 is 0 Å². The minimum atomic E-state index is -1.04. The van der Waals surface area contributed by atoms with E-state index in [0.717, 1.165) is 11.6 Å². The lowest BCUT2D eigenvalue weighted by molar-refractivity contribution is -0.131. The van der Waals surface area contributed by atoms with Crippen molar-refractivity contribution in [2.24, 2.45) is 0 Å².